The number of carbonyl (C=O) groups is 4. The zero-order valence-electron chi connectivity index (χ0n) is 65.1. The smallest absolute Gasteiger partial charge is 0.414 e. The number of aromatic nitrogens is 12. The van der Waals surface area contributed by atoms with E-state index in [-0.39, 0.29) is 35.7 Å². The molecular formula is C73H109IN20O14. The first-order chi connectivity index (χ1) is 50.7. The Bertz CT molecular complexity index is 3910. The van der Waals surface area contributed by atoms with Crippen molar-refractivity contribution in [2.24, 2.45) is 0 Å². The van der Waals surface area contributed by atoms with Crippen LogP contribution in [0.15, 0.2) is 80.6 Å². The molecule has 34 nitrogen and oxygen atoms in total. The summed E-state index contributed by atoms with van der Waals surface area (Å²) >= 11 is 2.21. The Balaban J connectivity index is 0.000000233. The van der Waals surface area contributed by atoms with Gasteiger partial charge in [-0.25, -0.2) is 19.2 Å². The molecule has 2 N–H and O–H groups in total. The molecule has 0 saturated carbocycles. The molecule has 0 atom stereocenters. The lowest BCUT2D eigenvalue weighted by Gasteiger charge is -2.26. The number of nitro groups is 3. The molecule has 0 aromatic carbocycles. The molecule has 592 valence electrons. The summed E-state index contributed by atoms with van der Waals surface area (Å²) in [6, 6.07) is 10.3. The van der Waals surface area contributed by atoms with Crippen molar-refractivity contribution < 1.29 is 52.9 Å². The van der Waals surface area contributed by atoms with Gasteiger partial charge < -0.3 is 69.7 Å². The summed E-state index contributed by atoms with van der Waals surface area (Å²) in [7, 11) is 0. The van der Waals surface area contributed by atoms with Crippen LogP contribution in [0.4, 0.5) is 42.4 Å². The molecule has 35 heteroatoms. The second-order valence-corrected chi connectivity index (χ2v) is 30.4. The molecule has 0 saturated heterocycles. The van der Waals surface area contributed by atoms with Crippen LogP contribution in [-0.4, -0.2) is 186 Å². The normalized spacial score (nSPS) is 14.1. The monoisotopic (exact) mass is 1620 g/mol. The van der Waals surface area contributed by atoms with Gasteiger partial charge in [0.15, 0.2) is 0 Å². The Morgan fingerprint density at radius 3 is 1.39 bits per heavy atom. The molecule has 0 bridgehead atoms. The molecule has 108 heavy (non-hydrogen) atoms. The van der Waals surface area contributed by atoms with E-state index in [1.165, 1.54) is 39.2 Å². The van der Waals surface area contributed by atoms with E-state index in [1.807, 2.05) is 102 Å². The summed E-state index contributed by atoms with van der Waals surface area (Å²) in [6.07, 6.45) is 20.3. The van der Waals surface area contributed by atoms with E-state index in [0.717, 1.165) is 92.4 Å². The number of amides is 4. The first-order valence-corrected chi connectivity index (χ1v) is 37.2. The van der Waals surface area contributed by atoms with Crippen LogP contribution < -0.4 is 5.73 Å². The number of unbranched alkanes of at least 4 members (excludes halogenated alkanes) is 3. The summed E-state index contributed by atoms with van der Waals surface area (Å²) in [5.74, 6) is 0.0886. The Morgan fingerprint density at radius 1 is 0.519 bits per heavy atom. The molecule has 0 radical (unpaired) electrons. The first-order valence-electron chi connectivity index (χ1n) is 36.1. The molecule has 4 aliphatic rings. The maximum absolute atomic E-state index is 12.1. The van der Waals surface area contributed by atoms with Crippen LogP contribution in [0, 0.1) is 34.0 Å². The molecule has 0 unspecified atom stereocenters. The minimum Gasteiger partial charge on any atom is -0.444 e. The van der Waals surface area contributed by atoms with Gasteiger partial charge in [-0.05, 0) is 196 Å². The van der Waals surface area contributed by atoms with Crippen molar-refractivity contribution in [1.82, 2.24) is 78.3 Å². The number of fused-ring (bicyclic) bond motifs is 4. The van der Waals surface area contributed by atoms with E-state index < -0.39 is 43.3 Å². The first kappa shape index (κ1) is 88.4. The number of aryl methyl sites for hydroxylation is 3. The van der Waals surface area contributed by atoms with E-state index in [2.05, 4.69) is 98.1 Å². The molecule has 4 aliphatic heterocycles. The maximum Gasteiger partial charge on any atom is 0.414 e. The van der Waals surface area contributed by atoms with Gasteiger partial charge in [-0.1, -0.05) is 44.7 Å². The fourth-order valence-corrected chi connectivity index (χ4v) is 11.4. The minimum atomic E-state index is -0.566. The topological polar surface area (TPSA) is 381 Å². The number of rotatable bonds is 16. The fraction of sp³-hybridized carbons (Fsp3) is 0.562. The van der Waals surface area contributed by atoms with Crippen LogP contribution in [0.5, 0.6) is 0 Å². The second kappa shape index (κ2) is 41.2. The van der Waals surface area contributed by atoms with Crippen molar-refractivity contribution in [3.05, 3.63) is 154 Å². The van der Waals surface area contributed by atoms with Crippen molar-refractivity contribution in [3.8, 4) is 0 Å². The number of hydrogen-bond donors (Lipinski definition) is 1. The van der Waals surface area contributed by atoms with Gasteiger partial charge >= 0.3 is 41.8 Å². The zero-order chi connectivity index (χ0) is 80.3. The zero-order valence-corrected chi connectivity index (χ0v) is 67.2. The van der Waals surface area contributed by atoms with E-state index in [9.17, 15) is 49.5 Å². The number of nitrogens with zero attached hydrogens (tertiary/aromatic N) is 19. The summed E-state index contributed by atoms with van der Waals surface area (Å²) in [4.78, 5) is 84.8. The molecule has 4 amide bonds. The van der Waals surface area contributed by atoms with Crippen molar-refractivity contribution in [2.75, 3.05) is 51.5 Å². The summed E-state index contributed by atoms with van der Waals surface area (Å²) in [5.41, 5.74) is 10.3. The molecular weight excluding hydrogens is 1510 g/mol. The standard InChI is InChI=1S/C15H25N3O2.C12H18IN3O2.C12H16N4O4.C12H20N4O2.2C11H15N3O2/c1-5-6-12-11-13-7-8-17(9-10-18(13)16-12)14(19)20-15(2,3)4;1-12(2,3)18-11(17)15-5-4-9-8-10(13)14-16(9)7-6-15;1-12(2,3)20-11(17)14-5-4-9-8-10(16(18)19)13-15(9)7-6-14;1-12(2,3)18-11(17)15-5-4-9-8-10(13)14-16(9)7-6-15;2*1-3-5-6-7-8-13-10(4-2)9-11(12-13)14(15)16/h11H,5-10H2,1-4H3;8H,4-7H2,1-3H3;4-5,8H,6-7H2,1-3H3;8H,4-7H2,1-3H3,(H2,13,14);3-5,9H,2,6-8H2,1H3;3-4,9H,1-2,5-8H2/b;;;;5-3+;. The molecule has 10 rings (SSSR count). The average Bonchev–Trinajstić information content (AvgIpc) is 1.85. The van der Waals surface area contributed by atoms with Crippen molar-refractivity contribution in [2.45, 2.75) is 223 Å². The van der Waals surface area contributed by atoms with Crippen molar-refractivity contribution in [1.29, 1.82) is 0 Å². The van der Waals surface area contributed by atoms with E-state index >= 15 is 0 Å². The highest BCUT2D eigenvalue weighted by Gasteiger charge is 2.30. The number of carbonyl (C=O) groups excluding carboxylic acids is 4. The minimum absolute atomic E-state index is 0.124. The molecule has 0 aliphatic carbocycles. The number of nitrogen functional groups attached to an aromatic ring is 1. The third-order valence-corrected chi connectivity index (χ3v) is 16.3. The fourth-order valence-electron chi connectivity index (χ4n) is 10.7. The third kappa shape index (κ3) is 30.2. The highest BCUT2D eigenvalue weighted by molar-refractivity contribution is 14.1. The maximum atomic E-state index is 12.1. The van der Waals surface area contributed by atoms with E-state index in [1.54, 1.807) is 69.3 Å². The Labute approximate surface area is 645 Å². The quantitative estimate of drug-likeness (QED) is 0.0235. The Kier molecular flexibility index (Phi) is 33.7. The van der Waals surface area contributed by atoms with E-state index in [0.29, 0.717) is 94.9 Å². The van der Waals surface area contributed by atoms with Gasteiger partial charge in [-0.15, -0.1) is 6.58 Å². The lowest BCUT2D eigenvalue weighted by molar-refractivity contribution is -0.390. The summed E-state index contributed by atoms with van der Waals surface area (Å²) in [6.45, 7) is 45.4. The molecule has 6 aromatic heterocycles. The number of hydrogen-bond acceptors (Lipinski definition) is 21. The van der Waals surface area contributed by atoms with Crippen LogP contribution >= 0.6 is 22.6 Å². The summed E-state index contributed by atoms with van der Waals surface area (Å²) in [5, 5.41) is 56.6. The van der Waals surface area contributed by atoms with Crippen LogP contribution in [0.25, 0.3) is 18.2 Å². The van der Waals surface area contributed by atoms with Gasteiger partial charge in [0, 0.05) is 87.9 Å². The lowest BCUT2D eigenvalue weighted by Crippen LogP contribution is -2.38. The highest BCUT2D eigenvalue weighted by atomic mass is 127. The van der Waals surface area contributed by atoms with Crippen LogP contribution in [0.1, 0.15) is 175 Å². The molecule has 0 spiro atoms. The van der Waals surface area contributed by atoms with E-state index in [4.69, 9.17) is 24.7 Å². The van der Waals surface area contributed by atoms with Crippen molar-refractivity contribution >= 4 is 88.5 Å². The summed E-state index contributed by atoms with van der Waals surface area (Å²) < 4.78 is 33.1. The Morgan fingerprint density at radius 2 is 0.944 bits per heavy atom. The van der Waals surface area contributed by atoms with Gasteiger partial charge in [0.05, 0.1) is 102 Å². The second-order valence-electron chi connectivity index (χ2n) is 29.3. The van der Waals surface area contributed by atoms with Gasteiger partial charge in [-0.3, -0.25) is 18.9 Å². The van der Waals surface area contributed by atoms with Crippen LogP contribution in [0.3, 0.4) is 0 Å². The van der Waals surface area contributed by atoms with Gasteiger partial charge in [0.25, 0.3) is 0 Å². The molecule has 10 heterocycles. The van der Waals surface area contributed by atoms with Crippen LogP contribution in [-0.2, 0) is 83.9 Å². The number of ether oxygens (including phenoxy) is 4. The predicted octanol–water partition coefficient (Wildman–Crippen LogP) is 13.8. The van der Waals surface area contributed by atoms with Crippen molar-refractivity contribution in [3.63, 3.8) is 0 Å². The van der Waals surface area contributed by atoms with Gasteiger partial charge in [-0.2, -0.15) is 29.3 Å². The number of anilines is 1. The molecule has 0 fully saturated rings. The third-order valence-electron chi connectivity index (χ3n) is 15.7. The number of halogens is 1. The van der Waals surface area contributed by atoms with Gasteiger partial charge in [0.2, 0.25) is 0 Å². The largest absolute Gasteiger partial charge is 0.444 e. The Hall–Kier alpha value is -10.2. The predicted molar refractivity (Wildman–Crippen MR) is 419 cm³/mol. The average molecular weight is 1620 g/mol. The number of nitrogens with two attached hydrogens (primary N) is 1. The SMILES string of the molecule is C=CCCCCn1nc([N+](=O)[O-])cc1C=C.C=Cc1cc([N+](=O)[O-])nn1CCC/C=C/C.CC(C)(C)OC(=O)N1C=Cc2cc([N+](=O)[O-])nn2CC1.CC(C)(C)OC(=O)N1CCc2cc(I)nn2CC1.CC(C)(C)OC(=O)N1CCc2cc(N)nn2CC1.CCCc1cc2n(n1)CCN(C(=O)OC(C)(C)C)CC2. The molecule has 6 aromatic rings. The lowest BCUT2D eigenvalue weighted by atomic mass is 10.2. The highest BCUT2D eigenvalue weighted by Crippen LogP contribution is 2.23. The van der Waals surface area contributed by atoms with Gasteiger partial charge in [0.1, 0.15) is 31.9 Å². The van der Waals surface area contributed by atoms with Crippen LogP contribution in [0.2, 0.25) is 0 Å². The number of allylic oxidation sites excluding steroid dienone is 3.